The van der Waals surface area contributed by atoms with Crippen molar-refractivity contribution in [2.24, 2.45) is 0 Å². The summed E-state index contributed by atoms with van der Waals surface area (Å²) in [6, 6.07) is 24.7. The Hall–Kier alpha value is -4.58. The number of hydrogen-bond donors (Lipinski definition) is 2. The molecule has 160 valence electrons. The lowest BCUT2D eigenvalue weighted by Gasteiger charge is -2.09. The highest BCUT2D eigenvalue weighted by Crippen LogP contribution is 2.36. The third kappa shape index (κ3) is 4.02. The molecule has 0 bridgehead atoms. The van der Waals surface area contributed by atoms with Crippen molar-refractivity contribution < 1.29 is 14.4 Å². The first-order chi connectivity index (χ1) is 16.1. The number of fused-ring (bicyclic) bond motifs is 3. The number of anilines is 1. The summed E-state index contributed by atoms with van der Waals surface area (Å²) in [4.78, 5) is 42.3. The Morgan fingerprint density at radius 3 is 2.27 bits per heavy atom. The van der Waals surface area contributed by atoms with Crippen LogP contribution in [0.4, 0.5) is 5.69 Å². The lowest BCUT2D eigenvalue weighted by atomic mass is 10.0. The van der Waals surface area contributed by atoms with Crippen molar-refractivity contribution in [2.45, 2.75) is 6.54 Å². The number of ketones is 1. The van der Waals surface area contributed by atoms with Crippen molar-refractivity contribution in [3.8, 4) is 11.1 Å². The van der Waals surface area contributed by atoms with E-state index in [-0.39, 0.29) is 17.6 Å². The van der Waals surface area contributed by atoms with Gasteiger partial charge in [0.25, 0.3) is 11.8 Å². The van der Waals surface area contributed by atoms with Gasteiger partial charge in [0, 0.05) is 34.1 Å². The van der Waals surface area contributed by atoms with Crippen molar-refractivity contribution in [1.29, 1.82) is 0 Å². The van der Waals surface area contributed by atoms with Crippen molar-refractivity contribution in [2.75, 3.05) is 5.32 Å². The molecule has 6 nitrogen and oxygen atoms in total. The van der Waals surface area contributed by atoms with Gasteiger partial charge in [-0.15, -0.1) is 0 Å². The second-order valence-corrected chi connectivity index (χ2v) is 7.67. The average molecular weight is 433 g/mol. The zero-order valence-electron chi connectivity index (χ0n) is 17.5. The molecule has 0 atom stereocenters. The van der Waals surface area contributed by atoms with Crippen LogP contribution in [0.5, 0.6) is 0 Å². The van der Waals surface area contributed by atoms with Crippen molar-refractivity contribution in [3.05, 3.63) is 119 Å². The summed E-state index contributed by atoms with van der Waals surface area (Å²) in [6.07, 6.45) is 1.67. The van der Waals surface area contributed by atoms with Gasteiger partial charge in [-0.1, -0.05) is 42.5 Å². The van der Waals surface area contributed by atoms with Crippen LogP contribution in [0.1, 0.15) is 42.3 Å². The molecule has 0 aliphatic heterocycles. The van der Waals surface area contributed by atoms with Gasteiger partial charge >= 0.3 is 0 Å². The van der Waals surface area contributed by atoms with Crippen LogP contribution in [0.2, 0.25) is 0 Å². The fourth-order valence-electron chi connectivity index (χ4n) is 3.89. The quantitative estimate of drug-likeness (QED) is 0.428. The van der Waals surface area contributed by atoms with Gasteiger partial charge in [0.1, 0.15) is 0 Å². The molecule has 0 spiro atoms. The number of nitrogens with zero attached hydrogens (tertiary/aromatic N) is 1. The summed E-state index contributed by atoms with van der Waals surface area (Å²) in [7, 11) is 0. The first-order valence-corrected chi connectivity index (χ1v) is 10.5. The van der Waals surface area contributed by atoms with Gasteiger partial charge in [0.15, 0.2) is 5.78 Å². The molecular weight excluding hydrogens is 414 g/mol. The van der Waals surface area contributed by atoms with E-state index in [1.54, 1.807) is 54.7 Å². The monoisotopic (exact) mass is 433 g/mol. The Morgan fingerprint density at radius 2 is 1.45 bits per heavy atom. The molecule has 1 aromatic heterocycles. The predicted molar refractivity (Wildman–Crippen MR) is 125 cm³/mol. The van der Waals surface area contributed by atoms with Crippen molar-refractivity contribution >= 4 is 23.3 Å². The van der Waals surface area contributed by atoms with Gasteiger partial charge in [-0.25, -0.2) is 0 Å². The minimum atomic E-state index is -0.354. The van der Waals surface area contributed by atoms with Crippen molar-refractivity contribution in [3.63, 3.8) is 0 Å². The third-order valence-electron chi connectivity index (χ3n) is 5.53. The Labute approximate surface area is 190 Å². The van der Waals surface area contributed by atoms with Crippen LogP contribution in [0.25, 0.3) is 11.1 Å². The SMILES string of the molecule is O=C(NCc1ccccn1)c1cccc(NC(=O)c2ccc3c(c2)C(=O)c2ccccc2-3)c1. The number of benzene rings is 3. The smallest absolute Gasteiger partial charge is 0.255 e. The number of carbonyl (C=O) groups is 3. The fraction of sp³-hybridized carbons (Fsp3) is 0.0370. The number of nitrogens with one attached hydrogen (secondary N) is 2. The van der Waals surface area contributed by atoms with E-state index in [1.165, 1.54) is 0 Å². The molecule has 0 saturated heterocycles. The first-order valence-electron chi connectivity index (χ1n) is 10.5. The van der Waals surface area contributed by atoms with Gasteiger partial charge in [-0.2, -0.15) is 0 Å². The second kappa shape index (κ2) is 8.51. The molecule has 4 aromatic rings. The minimum Gasteiger partial charge on any atom is -0.346 e. The fourth-order valence-corrected chi connectivity index (χ4v) is 3.89. The van der Waals surface area contributed by atoms with Crippen LogP contribution in [-0.2, 0) is 6.54 Å². The third-order valence-corrected chi connectivity index (χ3v) is 5.53. The Kier molecular flexibility index (Phi) is 5.24. The van der Waals surface area contributed by atoms with E-state index in [9.17, 15) is 14.4 Å². The molecule has 2 amide bonds. The Bertz CT molecular complexity index is 1400. The van der Waals surface area contributed by atoms with Crippen LogP contribution in [0, 0.1) is 0 Å². The molecule has 6 heteroatoms. The normalized spacial score (nSPS) is 11.5. The zero-order chi connectivity index (χ0) is 22.8. The predicted octanol–water partition coefficient (Wildman–Crippen LogP) is 4.48. The van der Waals surface area contributed by atoms with Crippen LogP contribution >= 0.6 is 0 Å². The van der Waals surface area contributed by atoms with E-state index in [2.05, 4.69) is 15.6 Å². The molecule has 2 N–H and O–H groups in total. The largest absolute Gasteiger partial charge is 0.346 e. The molecule has 1 heterocycles. The highest BCUT2D eigenvalue weighted by molar-refractivity contribution is 6.22. The molecule has 1 aliphatic carbocycles. The molecule has 5 rings (SSSR count). The van der Waals surface area contributed by atoms with E-state index >= 15 is 0 Å². The number of amides is 2. The van der Waals surface area contributed by atoms with Gasteiger partial charge in [0.2, 0.25) is 0 Å². The lowest BCUT2D eigenvalue weighted by molar-refractivity contribution is 0.0948. The Balaban J connectivity index is 1.30. The number of hydrogen-bond acceptors (Lipinski definition) is 4. The molecule has 0 radical (unpaired) electrons. The number of aromatic nitrogens is 1. The molecule has 0 fully saturated rings. The molecule has 3 aromatic carbocycles. The molecular formula is C27H19N3O3. The summed E-state index contributed by atoms with van der Waals surface area (Å²) in [5.41, 5.74) is 4.92. The van der Waals surface area contributed by atoms with Crippen molar-refractivity contribution in [1.82, 2.24) is 10.3 Å². The average Bonchev–Trinajstić information content (AvgIpc) is 3.15. The number of pyridine rings is 1. The topological polar surface area (TPSA) is 88.2 Å². The summed E-state index contributed by atoms with van der Waals surface area (Å²) < 4.78 is 0. The standard InChI is InChI=1S/C27H19N3O3/c31-25-23-10-2-1-9-21(23)22-12-11-18(15-24(22)25)27(33)30-19-8-5-6-17(14-19)26(32)29-16-20-7-3-4-13-28-20/h1-15H,16H2,(H,29,32)(H,30,33). The van der Waals surface area contributed by atoms with E-state index in [4.69, 9.17) is 0 Å². The lowest BCUT2D eigenvalue weighted by Crippen LogP contribution is -2.23. The highest BCUT2D eigenvalue weighted by atomic mass is 16.2. The maximum atomic E-state index is 12.9. The summed E-state index contributed by atoms with van der Waals surface area (Å²) in [6.45, 7) is 0.307. The molecule has 0 saturated carbocycles. The zero-order valence-corrected chi connectivity index (χ0v) is 17.5. The first kappa shape index (κ1) is 20.3. The van der Waals surface area contributed by atoms with Crippen LogP contribution < -0.4 is 10.6 Å². The minimum absolute atomic E-state index is 0.0816. The second-order valence-electron chi connectivity index (χ2n) is 7.67. The summed E-state index contributed by atoms with van der Waals surface area (Å²) >= 11 is 0. The van der Waals surface area contributed by atoms with Gasteiger partial charge in [0.05, 0.1) is 12.2 Å². The maximum Gasteiger partial charge on any atom is 0.255 e. The summed E-state index contributed by atoms with van der Waals surface area (Å²) in [5, 5.41) is 5.63. The van der Waals surface area contributed by atoms with E-state index in [0.29, 0.717) is 34.5 Å². The Morgan fingerprint density at radius 1 is 0.697 bits per heavy atom. The highest BCUT2D eigenvalue weighted by Gasteiger charge is 2.27. The maximum absolute atomic E-state index is 12.9. The van der Waals surface area contributed by atoms with E-state index in [0.717, 1.165) is 16.8 Å². The van der Waals surface area contributed by atoms with Crippen LogP contribution in [0.15, 0.2) is 91.1 Å². The number of rotatable bonds is 5. The molecule has 0 unspecified atom stereocenters. The van der Waals surface area contributed by atoms with Gasteiger partial charge in [-0.3, -0.25) is 19.4 Å². The van der Waals surface area contributed by atoms with Crippen LogP contribution in [-0.4, -0.2) is 22.6 Å². The van der Waals surface area contributed by atoms with Gasteiger partial charge < -0.3 is 10.6 Å². The van der Waals surface area contributed by atoms with Gasteiger partial charge in [-0.05, 0) is 53.6 Å². The number of carbonyl (C=O) groups excluding carboxylic acids is 3. The van der Waals surface area contributed by atoms with E-state index in [1.807, 2.05) is 36.4 Å². The summed E-state index contributed by atoms with van der Waals surface area (Å²) in [5.74, 6) is -0.702. The molecule has 33 heavy (non-hydrogen) atoms. The molecule has 1 aliphatic rings. The van der Waals surface area contributed by atoms with E-state index < -0.39 is 0 Å². The van der Waals surface area contributed by atoms with Crippen LogP contribution in [0.3, 0.4) is 0 Å².